The lowest BCUT2D eigenvalue weighted by atomic mass is 9.95. The van der Waals surface area contributed by atoms with Gasteiger partial charge in [0.1, 0.15) is 0 Å². The van der Waals surface area contributed by atoms with Crippen LogP contribution in [0.3, 0.4) is 0 Å². The third-order valence-electron chi connectivity index (χ3n) is 13.2. The third kappa shape index (κ3) is 55.2. The Bertz CT molecular complexity index is 814. The van der Waals surface area contributed by atoms with Crippen molar-refractivity contribution in [3.05, 3.63) is 0 Å². The smallest absolute Gasteiger partial charge is 0.305 e. The van der Waals surface area contributed by atoms with E-state index in [0.717, 1.165) is 51.9 Å². The molecule has 0 bridgehead atoms. The van der Waals surface area contributed by atoms with Gasteiger partial charge >= 0.3 is 11.9 Å². The van der Waals surface area contributed by atoms with Crippen molar-refractivity contribution in [2.24, 2.45) is 11.8 Å². The summed E-state index contributed by atoms with van der Waals surface area (Å²) < 4.78 is 11.4. The third-order valence-corrected chi connectivity index (χ3v) is 13.2. The van der Waals surface area contributed by atoms with Crippen LogP contribution in [0, 0.1) is 11.8 Å². The van der Waals surface area contributed by atoms with Crippen LogP contribution in [0.25, 0.3) is 0 Å². The molecule has 0 aromatic rings. The molecule has 2 N–H and O–H groups in total. The Labute approximate surface area is 402 Å². The highest BCUT2D eigenvalue weighted by atomic mass is 16.5. The Balaban J connectivity index is 0. The van der Waals surface area contributed by atoms with Gasteiger partial charge in [-0.05, 0) is 102 Å². The molecule has 6 nitrogen and oxygen atoms in total. The van der Waals surface area contributed by atoms with Gasteiger partial charge < -0.3 is 20.1 Å². The number of unbranched alkanes of at least 4 members (excludes halogenated alkanes) is 28. The van der Waals surface area contributed by atoms with Gasteiger partial charge in [0.15, 0.2) is 0 Å². The zero-order chi connectivity index (χ0) is 47.1. The summed E-state index contributed by atoms with van der Waals surface area (Å²) >= 11 is 0. The molecule has 0 radical (unpaired) electrons. The van der Waals surface area contributed by atoms with E-state index in [1.165, 1.54) is 231 Å². The predicted molar refractivity (Wildman–Crippen MR) is 283 cm³/mol. The number of carbonyl (C=O) groups excluding carboxylic acids is 2. The maximum atomic E-state index is 12.2. The molecule has 2 unspecified atom stereocenters. The minimum Gasteiger partial charge on any atom is -0.465 e. The summed E-state index contributed by atoms with van der Waals surface area (Å²) in [4.78, 5) is 24.4. The Morgan fingerprint density at radius 1 is 0.297 bits per heavy atom. The van der Waals surface area contributed by atoms with Crippen molar-refractivity contribution in [2.75, 3.05) is 39.4 Å². The number of nitrogens with one attached hydrogen (secondary N) is 2. The molecular formula is C58H118N2O4. The Morgan fingerprint density at radius 2 is 0.516 bits per heavy atom. The lowest BCUT2D eigenvalue weighted by Crippen LogP contribution is -2.16. The lowest BCUT2D eigenvalue weighted by Gasteiger charge is -2.17. The van der Waals surface area contributed by atoms with Crippen molar-refractivity contribution in [1.82, 2.24) is 10.6 Å². The summed E-state index contributed by atoms with van der Waals surface area (Å²) in [7, 11) is 0. The van der Waals surface area contributed by atoms with Gasteiger partial charge in [-0.25, -0.2) is 0 Å². The Kier molecular flexibility index (Phi) is 58.8. The van der Waals surface area contributed by atoms with Crippen molar-refractivity contribution in [3.8, 4) is 0 Å². The quantitative estimate of drug-likeness (QED) is 0.0468. The van der Waals surface area contributed by atoms with E-state index in [0.29, 0.717) is 37.9 Å². The number of carbonyl (C=O) groups is 2. The highest BCUT2D eigenvalue weighted by Crippen LogP contribution is 2.21. The van der Waals surface area contributed by atoms with Crippen LogP contribution in [0.5, 0.6) is 0 Å². The van der Waals surface area contributed by atoms with E-state index in [4.69, 9.17) is 9.47 Å². The molecule has 0 heterocycles. The molecule has 6 heteroatoms. The highest BCUT2D eigenvalue weighted by Gasteiger charge is 2.14. The van der Waals surface area contributed by atoms with Gasteiger partial charge in [0.25, 0.3) is 0 Å². The average molecular weight is 908 g/mol. The molecular weight excluding hydrogens is 789 g/mol. The van der Waals surface area contributed by atoms with Gasteiger partial charge in [-0.1, -0.05) is 234 Å². The second kappa shape index (κ2) is 58.0. The standard InChI is InChI=1S/2C29H59NO2/c2*1-4-7-10-13-14-18-23-28(22-17-11-8-5-2)27-32-29(31)24-19-15-16-21-26-30-25-20-12-9-6-3/h2*28,30H,4-27H2,1-3H3. The minimum atomic E-state index is 0.0283. The van der Waals surface area contributed by atoms with Crippen molar-refractivity contribution in [2.45, 2.75) is 311 Å². The summed E-state index contributed by atoms with van der Waals surface area (Å²) in [5, 5.41) is 7.08. The minimum absolute atomic E-state index is 0.0283. The van der Waals surface area contributed by atoms with Crippen LogP contribution in [0.15, 0.2) is 0 Å². The lowest BCUT2D eigenvalue weighted by molar-refractivity contribution is -0.146. The zero-order valence-electron chi connectivity index (χ0n) is 44.7. The van der Waals surface area contributed by atoms with E-state index in [9.17, 15) is 9.59 Å². The summed E-state index contributed by atoms with van der Waals surface area (Å²) in [6, 6.07) is 0. The van der Waals surface area contributed by atoms with Crippen LogP contribution in [0.2, 0.25) is 0 Å². The number of rotatable bonds is 52. The van der Waals surface area contributed by atoms with Gasteiger partial charge in [-0.15, -0.1) is 0 Å². The molecule has 0 spiro atoms. The predicted octanol–water partition coefficient (Wildman–Crippen LogP) is 18.0. The SMILES string of the molecule is CCCCCCCCC(CCCCCC)COC(=O)CCCCCCNCCCCCC.CCCCCCCCC(CCCCCC)COC(=O)CCCCCCNCCCCCC. The molecule has 0 rings (SSSR count). The van der Waals surface area contributed by atoms with Gasteiger partial charge in [-0.2, -0.15) is 0 Å². The number of ether oxygens (including phenoxy) is 2. The van der Waals surface area contributed by atoms with Crippen molar-refractivity contribution in [1.29, 1.82) is 0 Å². The van der Waals surface area contributed by atoms with Crippen LogP contribution < -0.4 is 10.6 Å². The zero-order valence-corrected chi connectivity index (χ0v) is 44.7. The average Bonchev–Trinajstić information content (AvgIpc) is 3.30. The summed E-state index contributed by atoms with van der Waals surface area (Å²) in [5.74, 6) is 1.21. The summed E-state index contributed by atoms with van der Waals surface area (Å²) in [5.41, 5.74) is 0. The first-order valence-corrected chi connectivity index (χ1v) is 29.2. The summed E-state index contributed by atoms with van der Waals surface area (Å²) in [6.45, 7) is 19.5. The summed E-state index contributed by atoms with van der Waals surface area (Å²) in [6.07, 6.45) is 52.5. The highest BCUT2D eigenvalue weighted by molar-refractivity contribution is 5.69. The fraction of sp³-hybridized carbons (Fsp3) is 0.966. The Morgan fingerprint density at radius 3 is 0.812 bits per heavy atom. The van der Waals surface area contributed by atoms with Crippen molar-refractivity contribution < 1.29 is 19.1 Å². The molecule has 0 saturated carbocycles. The van der Waals surface area contributed by atoms with E-state index in [2.05, 4.69) is 52.2 Å². The van der Waals surface area contributed by atoms with Crippen LogP contribution in [-0.2, 0) is 19.1 Å². The van der Waals surface area contributed by atoms with E-state index < -0.39 is 0 Å². The molecule has 0 aliphatic heterocycles. The monoisotopic (exact) mass is 907 g/mol. The number of hydrogen-bond acceptors (Lipinski definition) is 6. The van der Waals surface area contributed by atoms with Crippen LogP contribution in [0.1, 0.15) is 311 Å². The van der Waals surface area contributed by atoms with Gasteiger partial charge in [0.05, 0.1) is 13.2 Å². The molecule has 0 saturated heterocycles. The van der Waals surface area contributed by atoms with Crippen LogP contribution in [0.4, 0.5) is 0 Å². The first-order valence-electron chi connectivity index (χ1n) is 29.2. The van der Waals surface area contributed by atoms with Crippen molar-refractivity contribution >= 4 is 11.9 Å². The maximum Gasteiger partial charge on any atom is 0.305 e. The second-order valence-corrected chi connectivity index (χ2v) is 19.9. The van der Waals surface area contributed by atoms with E-state index >= 15 is 0 Å². The molecule has 0 aliphatic rings. The molecule has 0 aromatic heterocycles. The molecule has 0 amide bonds. The second-order valence-electron chi connectivity index (χ2n) is 19.9. The molecule has 2 atom stereocenters. The first kappa shape index (κ1) is 64.9. The largest absolute Gasteiger partial charge is 0.465 e. The normalized spacial score (nSPS) is 12.2. The topological polar surface area (TPSA) is 76.7 Å². The maximum absolute atomic E-state index is 12.2. The molecule has 64 heavy (non-hydrogen) atoms. The number of esters is 2. The van der Waals surface area contributed by atoms with Gasteiger partial charge in [0.2, 0.25) is 0 Å². The first-order chi connectivity index (χ1) is 31.5. The van der Waals surface area contributed by atoms with E-state index in [1.807, 2.05) is 0 Å². The molecule has 0 fully saturated rings. The van der Waals surface area contributed by atoms with E-state index in [-0.39, 0.29) is 11.9 Å². The van der Waals surface area contributed by atoms with Crippen molar-refractivity contribution in [3.63, 3.8) is 0 Å². The Hall–Kier alpha value is -1.14. The van der Waals surface area contributed by atoms with Gasteiger partial charge in [-0.3, -0.25) is 9.59 Å². The molecule has 0 aromatic carbocycles. The van der Waals surface area contributed by atoms with Crippen LogP contribution >= 0.6 is 0 Å². The molecule has 384 valence electrons. The van der Waals surface area contributed by atoms with Crippen LogP contribution in [-0.4, -0.2) is 51.3 Å². The fourth-order valence-electron chi connectivity index (χ4n) is 8.68. The van der Waals surface area contributed by atoms with Gasteiger partial charge in [0, 0.05) is 12.8 Å². The fourth-order valence-corrected chi connectivity index (χ4v) is 8.68. The van der Waals surface area contributed by atoms with E-state index in [1.54, 1.807) is 0 Å². The number of hydrogen-bond donors (Lipinski definition) is 2. The molecule has 0 aliphatic carbocycles.